The van der Waals surface area contributed by atoms with Gasteiger partial charge in [0.15, 0.2) is 11.6 Å². The molecule has 6 nitrogen and oxygen atoms in total. The summed E-state index contributed by atoms with van der Waals surface area (Å²) >= 11 is 6.11. The second-order valence-electron chi connectivity index (χ2n) is 7.84. The quantitative estimate of drug-likeness (QED) is 0.598. The van der Waals surface area contributed by atoms with Crippen molar-refractivity contribution >= 4 is 38.9 Å². The van der Waals surface area contributed by atoms with Gasteiger partial charge < -0.3 is 9.80 Å². The van der Waals surface area contributed by atoms with E-state index in [0.29, 0.717) is 31.2 Å². The van der Waals surface area contributed by atoms with Crippen LogP contribution in [0, 0.1) is 18.6 Å². The molecule has 0 saturated carbocycles. The van der Waals surface area contributed by atoms with Gasteiger partial charge in [0, 0.05) is 55.9 Å². The lowest BCUT2D eigenvalue weighted by Gasteiger charge is -2.37. The number of sulfonamides is 1. The van der Waals surface area contributed by atoms with Gasteiger partial charge in [-0.2, -0.15) is 0 Å². The molecule has 0 spiro atoms. The van der Waals surface area contributed by atoms with Gasteiger partial charge >= 0.3 is 0 Å². The Morgan fingerprint density at radius 2 is 1.75 bits per heavy atom. The van der Waals surface area contributed by atoms with Gasteiger partial charge in [0.1, 0.15) is 0 Å². The van der Waals surface area contributed by atoms with E-state index in [1.807, 2.05) is 25.1 Å². The van der Waals surface area contributed by atoms with Crippen molar-refractivity contribution in [3.05, 3.63) is 58.6 Å². The summed E-state index contributed by atoms with van der Waals surface area (Å²) in [5, 5.41) is 0.667. The molecular weight excluding hydrogens is 460 g/mol. The standard InChI is InChI=1S/C22H26ClF2N3O3S/c1-16-5-6-17(23)14-21(16)26-10-12-27(13-11-26)22(29)4-3-9-28(32(2,30)31)18-7-8-19(24)20(25)15-18/h5-8,14-15H,3-4,9-13H2,1-2H3. The number of hydrogen-bond acceptors (Lipinski definition) is 4. The van der Waals surface area contributed by atoms with Crippen LogP contribution in [0.1, 0.15) is 18.4 Å². The average Bonchev–Trinajstić information content (AvgIpc) is 2.74. The number of aryl methyl sites for hydroxylation is 1. The number of nitrogens with zero attached hydrogens (tertiary/aromatic N) is 3. The first kappa shape index (κ1) is 24.3. The average molecular weight is 486 g/mol. The topological polar surface area (TPSA) is 60.9 Å². The third-order valence-electron chi connectivity index (χ3n) is 5.49. The van der Waals surface area contributed by atoms with E-state index in [1.54, 1.807) is 4.90 Å². The molecule has 0 radical (unpaired) electrons. The number of hydrogen-bond donors (Lipinski definition) is 0. The maximum absolute atomic E-state index is 13.6. The highest BCUT2D eigenvalue weighted by molar-refractivity contribution is 7.92. The Morgan fingerprint density at radius 1 is 1.06 bits per heavy atom. The molecule has 0 bridgehead atoms. The van der Waals surface area contributed by atoms with E-state index in [9.17, 15) is 22.0 Å². The maximum atomic E-state index is 13.6. The smallest absolute Gasteiger partial charge is 0.232 e. The molecule has 1 heterocycles. The first-order valence-electron chi connectivity index (χ1n) is 10.3. The highest BCUT2D eigenvalue weighted by Crippen LogP contribution is 2.26. The van der Waals surface area contributed by atoms with Crippen molar-refractivity contribution in [3.63, 3.8) is 0 Å². The molecule has 1 aliphatic rings. The van der Waals surface area contributed by atoms with Gasteiger partial charge in [-0.15, -0.1) is 0 Å². The van der Waals surface area contributed by atoms with Crippen molar-refractivity contribution in [2.75, 3.05) is 48.2 Å². The first-order chi connectivity index (χ1) is 15.1. The van der Waals surface area contributed by atoms with Crippen LogP contribution in [-0.4, -0.2) is 58.2 Å². The van der Waals surface area contributed by atoms with E-state index >= 15 is 0 Å². The highest BCUT2D eigenvalue weighted by atomic mass is 35.5. The fourth-order valence-corrected chi connectivity index (χ4v) is 4.90. The molecule has 0 aromatic heterocycles. The molecule has 32 heavy (non-hydrogen) atoms. The zero-order valence-electron chi connectivity index (χ0n) is 18.0. The molecule has 174 valence electrons. The zero-order chi connectivity index (χ0) is 23.5. The number of amides is 1. The van der Waals surface area contributed by atoms with E-state index in [2.05, 4.69) is 4.90 Å². The number of benzene rings is 2. The van der Waals surface area contributed by atoms with Crippen LogP contribution in [0.15, 0.2) is 36.4 Å². The maximum Gasteiger partial charge on any atom is 0.232 e. The van der Waals surface area contributed by atoms with E-state index in [-0.39, 0.29) is 31.0 Å². The van der Waals surface area contributed by atoms with Crippen molar-refractivity contribution < 1.29 is 22.0 Å². The van der Waals surface area contributed by atoms with Crippen molar-refractivity contribution in [1.29, 1.82) is 0 Å². The molecular formula is C22H26ClF2N3O3S. The summed E-state index contributed by atoms with van der Waals surface area (Å²) in [6.07, 6.45) is 1.41. The third-order valence-corrected chi connectivity index (χ3v) is 6.92. The minimum Gasteiger partial charge on any atom is -0.368 e. The molecule has 1 fully saturated rings. The van der Waals surface area contributed by atoms with E-state index in [0.717, 1.165) is 33.9 Å². The lowest BCUT2D eigenvalue weighted by atomic mass is 10.1. The fourth-order valence-electron chi connectivity index (χ4n) is 3.78. The Hall–Kier alpha value is -2.39. The van der Waals surface area contributed by atoms with Crippen LogP contribution in [0.4, 0.5) is 20.2 Å². The molecule has 2 aromatic carbocycles. The summed E-state index contributed by atoms with van der Waals surface area (Å²) in [4.78, 5) is 16.6. The molecule has 3 rings (SSSR count). The Kier molecular flexibility index (Phi) is 7.61. The van der Waals surface area contributed by atoms with Crippen LogP contribution in [-0.2, 0) is 14.8 Å². The summed E-state index contributed by atoms with van der Waals surface area (Å²) in [5.74, 6) is -2.24. The minimum atomic E-state index is -3.71. The SMILES string of the molecule is Cc1ccc(Cl)cc1N1CCN(C(=O)CCCN(c2ccc(F)c(F)c2)S(C)(=O)=O)CC1. The van der Waals surface area contributed by atoms with E-state index < -0.39 is 21.7 Å². The van der Waals surface area contributed by atoms with Crippen molar-refractivity contribution in [2.24, 2.45) is 0 Å². The number of rotatable bonds is 7. The lowest BCUT2D eigenvalue weighted by Crippen LogP contribution is -2.49. The van der Waals surface area contributed by atoms with Crippen LogP contribution < -0.4 is 9.21 Å². The fraction of sp³-hybridized carbons (Fsp3) is 0.409. The largest absolute Gasteiger partial charge is 0.368 e. The highest BCUT2D eigenvalue weighted by Gasteiger charge is 2.23. The summed E-state index contributed by atoms with van der Waals surface area (Å²) in [6.45, 7) is 4.49. The normalized spacial score (nSPS) is 14.5. The Bertz CT molecular complexity index is 1090. The van der Waals surface area contributed by atoms with Gasteiger partial charge in [-0.25, -0.2) is 17.2 Å². The lowest BCUT2D eigenvalue weighted by molar-refractivity contribution is -0.131. The first-order valence-corrected chi connectivity index (χ1v) is 12.5. The van der Waals surface area contributed by atoms with E-state index in [4.69, 9.17) is 11.6 Å². The van der Waals surface area contributed by atoms with Crippen molar-refractivity contribution in [3.8, 4) is 0 Å². The van der Waals surface area contributed by atoms with Gasteiger partial charge in [0.25, 0.3) is 0 Å². The molecule has 0 N–H and O–H groups in total. The molecule has 1 aliphatic heterocycles. The number of halogens is 3. The molecule has 0 atom stereocenters. The third kappa shape index (κ3) is 5.89. The summed E-state index contributed by atoms with van der Waals surface area (Å²) in [7, 11) is -3.71. The van der Waals surface area contributed by atoms with Gasteiger partial charge in [-0.1, -0.05) is 17.7 Å². The van der Waals surface area contributed by atoms with Gasteiger partial charge in [0.2, 0.25) is 15.9 Å². The molecule has 0 aliphatic carbocycles. The van der Waals surface area contributed by atoms with E-state index in [1.165, 1.54) is 6.07 Å². The molecule has 0 unspecified atom stereocenters. The van der Waals surface area contributed by atoms with Crippen molar-refractivity contribution in [1.82, 2.24) is 4.90 Å². The second-order valence-corrected chi connectivity index (χ2v) is 10.2. The second kappa shape index (κ2) is 10.0. The molecule has 1 amide bonds. The van der Waals surface area contributed by atoms with Crippen LogP contribution in [0.3, 0.4) is 0 Å². The molecule has 2 aromatic rings. The van der Waals surface area contributed by atoms with Crippen molar-refractivity contribution in [2.45, 2.75) is 19.8 Å². The Balaban J connectivity index is 1.55. The Labute approximate surface area is 192 Å². The van der Waals surface area contributed by atoms with Crippen LogP contribution in [0.5, 0.6) is 0 Å². The minimum absolute atomic E-state index is 0.00266. The van der Waals surface area contributed by atoms with Gasteiger partial charge in [-0.05, 0) is 43.2 Å². The molecule has 10 heteroatoms. The predicted octanol–water partition coefficient (Wildman–Crippen LogP) is 3.82. The monoisotopic (exact) mass is 485 g/mol. The summed E-state index contributed by atoms with van der Waals surface area (Å²) in [5.41, 5.74) is 2.21. The predicted molar refractivity (Wildman–Crippen MR) is 123 cm³/mol. The number of piperazine rings is 1. The Morgan fingerprint density at radius 3 is 2.38 bits per heavy atom. The molecule has 1 saturated heterocycles. The summed E-state index contributed by atoms with van der Waals surface area (Å²) < 4.78 is 52.0. The number of carbonyl (C=O) groups is 1. The van der Waals surface area contributed by atoms with Gasteiger partial charge in [-0.3, -0.25) is 9.10 Å². The van der Waals surface area contributed by atoms with Crippen LogP contribution in [0.2, 0.25) is 5.02 Å². The van der Waals surface area contributed by atoms with Gasteiger partial charge in [0.05, 0.1) is 11.9 Å². The number of anilines is 2. The zero-order valence-corrected chi connectivity index (χ0v) is 19.6. The summed E-state index contributed by atoms with van der Waals surface area (Å²) in [6, 6.07) is 8.67. The van der Waals surface area contributed by atoms with Crippen LogP contribution in [0.25, 0.3) is 0 Å². The number of carbonyl (C=O) groups excluding carboxylic acids is 1. The van der Waals surface area contributed by atoms with Crippen LogP contribution >= 0.6 is 11.6 Å².